The molecule has 0 fully saturated rings. The van der Waals surface area contributed by atoms with E-state index in [0.717, 1.165) is 32.7 Å². The fourth-order valence-corrected chi connectivity index (χ4v) is 3.53. The number of amides is 1. The highest BCUT2D eigenvalue weighted by atomic mass is 16.2. The summed E-state index contributed by atoms with van der Waals surface area (Å²) >= 11 is 0. The Bertz CT molecular complexity index is 370. The molecule has 1 N–H and O–H groups in total. The van der Waals surface area contributed by atoms with Crippen LogP contribution in [0.1, 0.15) is 90.9 Å². The standard InChI is InChI=1S/C22H43N3O/c1-3-4-5-6-7-8-9-10-11-12-13-14-15-23-16-18-25-19-17-24-20-21(2)22(25)26/h20-21,23H,3-19H2,1-2H3. The maximum Gasteiger partial charge on any atom is 0.230 e. The minimum absolute atomic E-state index is 0.0613. The Kier molecular flexibility index (Phi) is 14.5. The molecule has 1 atom stereocenters. The number of carbonyl (C=O) groups excluding carboxylic acids is 1. The molecule has 0 radical (unpaired) electrons. The number of carbonyl (C=O) groups is 1. The zero-order chi connectivity index (χ0) is 18.9. The topological polar surface area (TPSA) is 44.7 Å². The maximum absolute atomic E-state index is 12.1. The second-order valence-corrected chi connectivity index (χ2v) is 7.81. The highest BCUT2D eigenvalue weighted by Gasteiger charge is 2.20. The maximum atomic E-state index is 12.1. The van der Waals surface area contributed by atoms with Crippen molar-refractivity contribution in [2.45, 2.75) is 90.9 Å². The third-order valence-electron chi connectivity index (χ3n) is 5.29. The number of nitrogens with zero attached hydrogens (tertiary/aromatic N) is 2. The molecule has 0 aliphatic carbocycles. The van der Waals surface area contributed by atoms with E-state index < -0.39 is 0 Å². The van der Waals surface area contributed by atoms with Crippen molar-refractivity contribution in [2.24, 2.45) is 10.9 Å². The van der Waals surface area contributed by atoms with Gasteiger partial charge in [0.2, 0.25) is 5.91 Å². The normalized spacial score (nSPS) is 17.7. The molecule has 1 rings (SSSR count). The molecule has 1 aliphatic heterocycles. The summed E-state index contributed by atoms with van der Waals surface area (Å²) in [5.41, 5.74) is 0. The van der Waals surface area contributed by atoms with Gasteiger partial charge in [0, 0.05) is 25.8 Å². The molecule has 0 aromatic carbocycles. The number of aliphatic imine (C=N–C) groups is 1. The molecule has 0 spiro atoms. The first-order valence-corrected chi connectivity index (χ1v) is 11.2. The van der Waals surface area contributed by atoms with Gasteiger partial charge in [0.15, 0.2) is 0 Å². The minimum atomic E-state index is -0.0613. The lowest BCUT2D eigenvalue weighted by atomic mass is 10.1. The molecular formula is C22H43N3O. The lowest BCUT2D eigenvalue weighted by Crippen LogP contribution is -2.40. The molecular weight excluding hydrogens is 322 g/mol. The van der Waals surface area contributed by atoms with E-state index in [1.54, 1.807) is 6.21 Å². The predicted molar refractivity (Wildman–Crippen MR) is 113 cm³/mol. The Hall–Kier alpha value is -0.900. The smallest absolute Gasteiger partial charge is 0.230 e. The lowest BCUT2D eigenvalue weighted by Gasteiger charge is -2.22. The molecule has 4 nitrogen and oxygen atoms in total. The van der Waals surface area contributed by atoms with Gasteiger partial charge in [-0.15, -0.1) is 0 Å². The van der Waals surface area contributed by atoms with Crippen LogP contribution in [0.4, 0.5) is 0 Å². The predicted octanol–water partition coefficient (Wildman–Crippen LogP) is 4.83. The molecule has 1 aliphatic rings. The first kappa shape index (κ1) is 23.1. The van der Waals surface area contributed by atoms with Gasteiger partial charge >= 0.3 is 0 Å². The van der Waals surface area contributed by atoms with E-state index in [9.17, 15) is 4.79 Å². The van der Waals surface area contributed by atoms with Crippen LogP contribution < -0.4 is 5.32 Å². The SMILES string of the molecule is CCCCCCCCCCCCCCNCCN1CCN=CC(C)C1=O. The lowest BCUT2D eigenvalue weighted by molar-refractivity contribution is -0.132. The van der Waals surface area contributed by atoms with Gasteiger partial charge < -0.3 is 10.2 Å². The monoisotopic (exact) mass is 365 g/mol. The van der Waals surface area contributed by atoms with Crippen LogP contribution in [-0.4, -0.2) is 49.7 Å². The Morgan fingerprint density at radius 3 is 2.15 bits per heavy atom. The minimum Gasteiger partial charge on any atom is -0.339 e. The third kappa shape index (κ3) is 11.7. The van der Waals surface area contributed by atoms with E-state index in [0.29, 0.717) is 0 Å². The van der Waals surface area contributed by atoms with Crippen molar-refractivity contribution in [1.29, 1.82) is 0 Å². The largest absolute Gasteiger partial charge is 0.339 e. The number of rotatable bonds is 16. The zero-order valence-electron chi connectivity index (χ0n) is 17.5. The molecule has 152 valence electrons. The van der Waals surface area contributed by atoms with E-state index in [-0.39, 0.29) is 11.8 Å². The van der Waals surface area contributed by atoms with E-state index in [1.165, 1.54) is 77.0 Å². The second-order valence-electron chi connectivity index (χ2n) is 7.81. The van der Waals surface area contributed by atoms with Gasteiger partial charge in [-0.3, -0.25) is 9.79 Å². The summed E-state index contributed by atoms with van der Waals surface area (Å²) in [4.78, 5) is 18.3. The molecule has 0 aromatic heterocycles. The van der Waals surface area contributed by atoms with Gasteiger partial charge in [0.25, 0.3) is 0 Å². The highest BCUT2D eigenvalue weighted by molar-refractivity contribution is 5.93. The molecule has 1 amide bonds. The average Bonchev–Trinajstić information content (AvgIpc) is 2.80. The van der Waals surface area contributed by atoms with E-state index in [4.69, 9.17) is 0 Å². The molecule has 0 aromatic rings. The van der Waals surface area contributed by atoms with Gasteiger partial charge in [0.1, 0.15) is 0 Å². The number of unbranched alkanes of at least 4 members (excludes halogenated alkanes) is 11. The van der Waals surface area contributed by atoms with Gasteiger partial charge in [-0.25, -0.2) is 0 Å². The summed E-state index contributed by atoms with van der Waals surface area (Å²) in [6, 6.07) is 0. The van der Waals surface area contributed by atoms with Crippen molar-refractivity contribution in [3.8, 4) is 0 Å². The van der Waals surface area contributed by atoms with Gasteiger partial charge in [-0.1, -0.05) is 77.6 Å². The van der Waals surface area contributed by atoms with Crippen molar-refractivity contribution in [3.05, 3.63) is 0 Å². The van der Waals surface area contributed by atoms with Crippen LogP contribution in [0.5, 0.6) is 0 Å². The van der Waals surface area contributed by atoms with E-state index in [1.807, 2.05) is 11.8 Å². The Morgan fingerprint density at radius 1 is 0.962 bits per heavy atom. The van der Waals surface area contributed by atoms with Crippen molar-refractivity contribution < 1.29 is 4.79 Å². The van der Waals surface area contributed by atoms with Crippen LogP contribution in [0.25, 0.3) is 0 Å². The Morgan fingerprint density at radius 2 is 1.54 bits per heavy atom. The van der Waals surface area contributed by atoms with Crippen molar-refractivity contribution in [2.75, 3.05) is 32.7 Å². The summed E-state index contributed by atoms with van der Waals surface area (Å²) in [5, 5.41) is 3.49. The Labute approximate surface area is 162 Å². The first-order valence-electron chi connectivity index (χ1n) is 11.2. The molecule has 0 bridgehead atoms. The Balaban J connectivity index is 1.82. The van der Waals surface area contributed by atoms with Crippen LogP contribution in [0.15, 0.2) is 4.99 Å². The van der Waals surface area contributed by atoms with Crippen molar-refractivity contribution >= 4 is 12.1 Å². The van der Waals surface area contributed by atoms with Gasteiger partial charge in [0.05, 0.1) is 12.5 Å². The summed E-state index contributed by atoms with van der Waals surface area (Å²) < 4.78 is 0. The molecule has 1 heterocycles. The van der Waals surface area contributed by atoms with Crippen LogP contribution >= 0.6 is 0 Å². The second kappa shape index (κ2) is 16.3. The first-order chi connectivity index (χ1) is 12.8. The fraction of sp³-hybridized carbons (Fsp3) is 0.909. The zero-order valence-corrected chi connectivity index (χ0v) is 17.5. The quantitative estimate of drug-likeness (QED) is 0.398. The third-order valence-corrected chi connectivity index (χ3v) is 5.29. The van der Waals surface area contributed by atoms with Crippen molar-refractivity contribution in [1.82, 2.24) is 10.2 Å². The molecule has 0 saturated heterocycles. The molecule has 0 saturated carbocycles. The summed E-state index contributed by atoms with van der Waals surface area (Å²) in [7, 11) is 0. The molecule has 4 heteroatoms. The summed E-state index contributed by atoms with van der Waals surface area (Å²) in [6.07, 6.45) is 18.5. The summed E-state index contributed by atoms with van der Waals surface area (Å²) in [5.74, 6) is 0.159. The average molecular weight is 366 g/mol. The van der Waals surface area contributed by atoms with Crippen molar-refractivity contribution in [3.63, 3.8) is 0 Å². The fourth-order valence-electron chi connectivity index (χ4n) is 3.53. The number of nitrogens with one attached hydrogen (secondary N) is 1. The van der Waals surface area contributed by atoms with Crippen LogP contribution in [0.2, 0.25) is 0 Å². The van der Waals surface area contributed by atoms with Gasteiger partial charge in [-0.2, -0.15) is 0 Å². The van der Waals surface area contributed by atoms with Crippen LogP contribution in [0, 0.1) is 5.92 Å². The number of hydrogen-bond donors (Lipinski definition) is 1. The van der Waals surface area contributed by atoms with Crippen LogP contribution in [0.3, 0.4) is 0 Å². The van der Waals surface area contributed by atoms with E-state index in [2.05, 4.69) is 17.2 Å². The molecule has 26 heavy (non-hydrogen) atoms. The number of hydrogen-bond acceptors (Lipinski definition) is 3. The highest BCUT2D eigenvalue weighted by Crippen LogP contribution is 2.11. The molecule has 1 unspecified atom stereocenters. The van der Waals surface area contributed by atoms with Gasteiger partial charge in [-0.05, 0) is 19.9 Å². The summed E-state index contributed by atoms with van der Waals surface area (Å²) in [6.45, 7) is 8.51. The van der Waals surface area contributed by atoms with E-state index >= 15 is 0 Å². The van der Waals surface area contributed by atoms with Crippen LogP contribution in [-0.2, 0) is 4.79 Å².